The number of anilines is 1. The van der Waals surface area contributed by atoms with E-state index in [1.807, 2.05) is 24.3 Å². The SMILES string of the molecule is COc1ccc(N2C(=O)C(=O)/C(=C(\O)c3ccc(OCC(C)C)cc3)C2c2ccc(C(C)(C)C)cc2)cc1. The summed E-state index contributed by atoms with van der Waals surface area (Å²) in [5, 5.41) is 11.4. The third-order valence-corrected chi connectivity index (χ3v) is 6.60. The van der Waals surface area contributed by atoms with Crippen molar-refractivity contribution in [1.82, 2.24) is 0 Å². The molecule has 4 rings (SSSR count). The van der Waals surface area contributed by atoms with Gasteiger partial charge in [0.1, 0.15) is 17.3 Å². The molecule has 38 heavy (non-hydrogen) atoms. The van der Waals surface area contributed by atoms with Gasteiger partial charge in [-0.15, -0.1) is 0 Å². The van der Waals surface area contributed by atoms with Gasteiger partial charge in [0.2, 0.25) is 0 Å². The molecule has 1 saturated heterocycles. The van der Waals surface area contributed by atoms with Crippen molar-refractivity contribution < 1.29 is 24.2 Å². The minimum absolute atomic E-state index is 0.0465. The summed E-state index contributed by atoms with van der Waals surface area (Å²) in [6, 6.07) is 20.9. The Balaban J connectivity index is 1.82. The van der Waals surface area contributed by atoms with Crippen LogP contribution in [0.4, 0.5) is 5.69 Å². The lowest BCUT2D eigenvalue weighted by Crippen LogP contribution is -2.29. The Bertz CT molecular complexity index is 1330. The number of nitrogens with zero attached hydrogens (tertiary/aromatic N) is 1. The van der Waals surface area contributed by atoms with Crippen LogP contribution in [0.15, 0.2) is 78.4 Å². The Morgan fingerprint density at radius 1 is 0.895 bits per heavy atom. The molecule has 0 aliphatic carbocycles. The summed E-state index contributed by atoms with van der Waals surface area (Å²) in [5.74, 6) is 0.0302. The molecule has 0 radical (unpaired) electrons. The van der Waals surface area contributed by atoms with Gasteiger partial charge in [0.25, 0.3) is 11.7 Å². The summed E-state index contributed by atoms with van der Waals surface area (Å²) in [7, 11) is 1.57. The molecule has 1 N–H and O–H groups in total. The summed E-state index contributed by atoms with van der Waals surface area (Å²) in [6.45, 7) is 11.1. The fraction of sp³-hybridized carbons (Fsp3) is 0.312. The molecule has 3 aromatic rings. The largest absolute Gasteiger partial charge is 0.507 e. The molecular weight excluding hydrogens is 478 g/mol. The first-order valence-electron chi connectivity index (χ1n) is 12.8. The summed E-state index contributed by atoms with van der Waals surface area (Å²) < 4.78 is 11.0. The van der Waals surface area contributed by atoms with Gasteiger partial charge in [-0.3, -0.25) is 14.5 Å². The Morgan fingerprint density at radius 2 is 1.47 bits per heavy atom. The third-order valence-electron chi connectivity index (χ3n) is 6.60. The van der Waals surface area contributed by atoms with E-state index in [2.05, 4.69) is 34.6 Å². The van der Waals surface area contributed by atoms with E-state index < -0.39 is 17.7 Å². The lowest BCUT2D eigenvalue weighted by atomic mass is 9.85. The second kappa shape index (κ2) is 10.7. The molecule has 1 aliphatic rings. The fourth-order valence-corrected chi connectivity index (χ4v) is 4.45. The van der Waals surface area contributed by atoms with E-state index >= 15 is 0 Å². The molecule has 1 atom stereocenters. The molecular formula is C32H35NO5. The molecule has 1 unspecified atom stereocenters. The van der Waals surface area contributed by atoms with Crippen LogP contribution < -0.4 is 14.4 Å². The van der Waals surface area contributed by atoms with Crippen LogP contribution in [0.2, 0.25) is 0 Å². The summed E-state index contributed by atoms with van der Waals surface area (Å²) in [5.41, 5.74) is 2.81. The van der Waals surface area contributed by atoms with E-state index in [1.165, 1.54) is 4.90 Å². The zero-order valence-electron chi connectivity index (χ0n) is 22.8. The number of aliphatic hydroxyl groups excluding tert-OH is 1. The van der Waals surface area contributed by atoms with Crippen LogP contribution >= 0.6 is 0 Å². The molecule has 6 heteroatoms. The van der Waals surface area contributed by atoms with Gasteiger partial charge in [0.05, 0.1) is 25.3 Å². The highest BCUT2D eigenvalue weighted by Gasteiger charge is 2.47. The minimum atomic E-state index is -0.797. The Hall–Kier alpha value is -4.06. The molecule has 1 amide bonds. The number of methoxy groups -OCH3 is 1. The highest BCUT2D eigenvalue weighted by atomic mass is 16.5. The molecule has 0 bridgehead atoms. The molecule has 0 saturated carbocycles. The van der Waals surface area contributed by atoms with Crippen LogP contribution in [0.1, 0.15) is 57.4 Å². The van der Waals surface area contributed by atoms with Crippen molar-refractivity contribution >= 4 is 23.1 Å². The monoisotopic (exact) mass is 513 g/mol. The van der Waals surface area contributed by atoms with E-state index in [-0.39, 0.29) is 16.7 Å². The van der Waals surface area contributed by atoms with Gasteiger partial charge in [0, 0.05) is 11.3 Å². The van der Waals surface area contributed by atoms with Gasteiger partial charge in [0.15, 0.2) is 0 Å². The van der Waals surface area contributed by atoms with Crippen LogP contribution in [-0.2, 0) is 15.0 Å². The third kappa shape index (κ3) is 5.44. The van der Waals surface area contributed by atoms with Crippen LogP contribution in [0.25, 0.3) is 5.76 Å². The van der Waals surface area contributed by atoms with Crippen molar-refractivity contribution in [2.75, 3.05) is 18.6 Å². The first kappa shape index (κ1) is 27.0. The van der Waals surface area contributed by atoms with Gasteiger partial charge in [-0.1, -0.05) is 58.9 Å². The van der Waals surface area contributed by atoms with Crippen molar-refractivity contribution in [2.45, 2.75) is 46.1 Å². The number of carbonyl (C=O) groups is 2. The van der Waals surface area contributed by atoms with Crippen molar-refractivity contribution in [3.05, 3.63) is 95.1 Å². The quantitative estimate of drug-likeness (QED) is 0.217. The number of benzene rings is 3. The lowest BCUT2D eigenvalue weighted by molar-refractivity contribution is -0.132. The molecule has 1 aliphatic heterocycles. The standard InChI is InChI=1S/C32H35NO5/c1-20(2)19-38-26-15-9-22(10-16-26)29(34)27-28(21-7-11-23(12-8-21)32(3,4)5)33(31(36)30(27)35)24-13-17-25(37-6)18-14-24/h7-18,20,28,34H,19H2,1-6H3/b29-27-. The Morgan fingerprint density at radius 3 is 2.00 bits per heavy atom. The number of Topliss-reactive ketones (excluding diaryl/α,β-unsaturated/α-hetero) is 1. The average molecular weight is 514 g/mol. The summed E-state index contributed by atoms with van der Waals surface area (Å²) in [6.07, 6.45) is 0. The second-order valence-electron chi connectivity index (χ2n) is 11.0. The van der Waals surface area contributed by atoms with E-state index in [1.54, 1.807) is 55.6 Å². The molecule has 3 aromatic carbocycles. The van der Waals surface area contributed by atoms with Crippen molar-refractivity contribution in [2.24, 2.45) is 5.92 Å². The molecule has 0 aromatic heterocycles. The highest BCUT2D eigenvalue weighted by Crippen LogP contribution is 2.43. The van der Waals surface area contributed by atoms with E-state index in [0.717, 1.165) is 11.1 Å². The minimum Gasteiger partial charge on any atom is -0.507 e. The Kier molecular flexibility index (Phi) is 7.63. The lowest BCUT2D eigenvalue weighted by Gasteiger charge is -2.26. The zero-order valence-corrected chi connectivity index (χ0v) is 22.8. The fourth-order valence-electron chi connectivity index (χ4n) is 4.45. The topological polar surface area (TPSA) is 76.1 Å². The molecule has 6 nitrogen and oxygen atoms in total. The molecule has 0 spiro atoms. The number of carbonyl (C=O) groups excluding carboxylic acids is 2. The Labute approximate surface area is 224 Å². The highest BCUT2D eigenvalue weighted by molar-refractivity contribution is 6.51. The van der Waals surface area contributed by atoms with Gasteiger partial charge >= 0.3 is 0 Å². The van der Waals surface area contributed by atoms with Gasteiger partial charge < -0.3 is 14.6 Å². The van der Waals surface area contributed by atoms with Gasteiger partial charge in [-0.25, -0.2) is 0 Å². The maximum Gasteiger partial charge on any atom is 0.300 e. The number of hydrogen-bond acceptors (Lipinski definition) is 5. The maximum atomic E-state index is 13.4. The second-order valence-corrected chi connectivity index (χ2v) is 11.0. The van der Waals surface area contributed by atoms with Gasteiger partial charge in [-0.05, 0) is 71.0 Å². The molecule has 1 fully saturated rings. The van der Waals surface area contributed by atoms with Crippen LogP contribution in [0.5, 0.6) is 11.5 Å². The number of ketones is 1. The van der Waals surface area contributed by atoms with E-state index in [9.17, 15) is 14.7 Å². The van der Waals surface area contributed by atoms with E-state index in [0.29, 0.717) is 35.3 Å². The first-order chi connectivity index (χ1) is 18.0. The van der Waals surface area contributed by atoms with Crippen molar-refractivity contribution in [3.63, 3.8) is 0 Å². The number of hydrogen-bond donors (Lipinski definition) is 1. The predicted octanol–water partition coefficient (Wildman–Crippen LogP) is 6.65. The van der Waals surface area contributed by atoms with E-state index in [4.69, 9.17) is 9.47 Å². The van der Waals surface area contributed by atoms with Crippen molar-refractivity contribution in [1.29, 1.82) is 0 Å². The average Bonchev–Trinajstić information content (AvgIpc) is 3.17. The molecule has 1 heterocycles. The number of rotatable bonds is 7. The molecule has 198 valence electrons. The summed E-state index contributed by atoms with van der Waals surface area (Å²) >= 11 is 0. The zero-order chi connectivity index (χ0) is 27.6. The number of ether oxygens (including phenoxy) is 2. The number of amides is 1. The number of aliphatic hydroxyl groups is 1. The van der Waals surface area contributed by atoms with Crippen LogP contribution in [0, 0.1) is 5.92 Å². The van der Waals surface area contributed by atoms with Crippen LogP contribution in [-0.4, -0.2) is 30.5 Å². The van der Waals surface area contributed by atoms with Crippen LogP contribution in [0.3, 0.4) is 0 Å². The van der Waals surface area contributed by atoms with Crippen molar-refractivity contribution in [3.8, 4) is 11.5 Å². The smallest absolute Gasteiger partial charge is 0.300 e. The maximum absolute atomic E-state index is 13.4. The van der Waals surface area contributed by atoms with Gasteiger partial charge in [-0.2, -0.15) is 0 Å². The summed E-state index contributed by atoms with van der Waals surface area (Å²) in [4.78, 5) is 28.3. The normalized spacial score (nSPS) is 17.2. The predicted molar refractivity (Wildman–Crippen MR) is 150 cm³/mol. The first-order valence-corrected chi connectivity index (χ1v) is 12.8.